The Morgan fingerprint density at radius 1 is 0.378 bits per heavy atom. The normalized spacial score (nSPS) is 13.3. The zero-order valence-corrected chi connectivity index (χ0v) is 25.5. The molecule has 8 aromatic carbocycles. The minimum absolute atomic E-state index is 0.156. The SMILES string of the molecule is CC1(C)c2ccccc2-c2ccc3c(-c4cccc(-c5ccccc5)c4)c4ccccc4c(-c4cccc5ccccc45)c3c21. The second-order valence-corrected chi connectivity index (χ2v) is 12.9. The summed E-state index contributed by atoms with van der Waals surface area (Å²) in [5, 5.41) is 7.80. The second kappa shape index (κ2) is 9.78. The maximum Gasteiger partial charge on any atom is 0.0165 e. The zero-order chi connectivity index (χ0) is 30.1. The Bertz CT molecular complexity index is 2440. The van der Waals surface area contributed by atoms with Gasteiger partial charge in [0.2, 0.25) is 0 Å². The molecule has 0 saturated carbocycles. The van der Waals surface area contributed by atoms with E-state index in [4.69, 9.17) is 0 Å². The minimum atomic E-state index is -0.156. The van der Waals surface area contributed by atoms with Crippen molar-refractivity contribution in [1.82, 2.24) is 0 Å². The predicted octanol–water partition coefficient (Wildman–Crippen LogP) is 12.5. The standard InChI is InChI=1S/C45H32/c1-45(2)40-25-11-10-21-34(40)38-26-27-39-41(32-19-12-18-31(28-32)29-14-4-3-5-15-29)36-22-8-9-23-37(36)42(43(39)44(38)45)35-24-13-17-30-16-6-7-20-33(30)35/h3-28H,1-2H3. The van der Waals surface area contributed by atoms with Crippen molar-refractivity contribution < 1.29 is 0 Å². The van der Waals surface area contributed by atoms with E-state index in [0.717, 1.165) is 0 Å². The summed E-state index contributed by atoms with van der Waals surface area (Å²) in [6.45, 7) is 4.82. The highest BCUT2D eigenvalue weighted by Crippen LogP contribution is 2.56. The molecule has 0 saturated heterocycles. The second-order valence-electron chi connectivity index (χ2n) is 12.9. The minimum Gasteiger partial charge on any atom is -0.0622 e. The fourth-order valence-corrected chi connectivity index (χ4v) is 8.06. The Morgan fingerprint density at radius 2 is 0.978 bits per heavy atom. The lowest BCUT2D eigenvalue weighted by Crippen LogP contribution is -2.16. The Hall–Kier alpha value is -5.46. The van der Waals surface area contributed by atoms with Crippen molar-refractivity contribution in [2.24, 2.45) is 0 Å². The van der Waals surface area contributed by atoms with Gasteiger partial charge in [-0.1, -0.05) is 166 Å². The molecule has 0 amide bonds. The van der Waals surface area contributed by atoms with E-state index in [-0.39, 0.29) is 5.41 Å². The van der Waals surface area contributed by atoms with E-state index in [9.17, 15) is 0 Å². The first-order valence-corrected chi connectivity index (χ1v) is 15.9. The topological polar surface area (TPSA) is 0 Å². The molecule has 0 aromatic heterocycles. The van der Waals surface area contributed by atoms with Gasteiger partial charge in [0.05, 0.1) is 0 Å². The molecular formula is C45H32. The van der Waals surface area contributed by atoms with Crippen LogP contribution in [0.5, 0.6) is 0 Å². The lowest BCUT2D eigenvalue weighted by Gasteiger charge is -2.27. The summed E-state index contributed by atoms with van der Waals surface area (Å²) in [7, 11) is 0. The maximum atomic E-state index is 2.41. The summed E-state index contributed by atoms with van der Waals surface area (Å²) in [4.78, 5) is 0. The molecule has 45 heavy (non-hydrogen) atoms. The van der Waals surface area contributed by atoms with E-state index in [1.54, 1.807) is 0 Å². The highest BCUT2D eigenvalue weighted by Gasteiger charge is 2.38. The van der Waals surface area contributed by atoms with Crippen molar-refractivity contribution in [3.63, 3.8) is 0 Å². The number of rotatable bonds is 3. The first-order valence-electron chi connectivity index (χ1n) is 15.9. The van der Waals surface area contributed by atoms with Crippen molar-refractivity contribution >= 4 is 32.3 Å². The Balaban J connectivity index is 1.49. The number of hydrogen-bond acceptors (Lipinski definition) is 0. The fraction of sp³-hybridized carbons (Fsp3) is 0.0667. The van der Waals surface area contributed by atoms with Crippen LogP contribution in [0.4, 0.5) is 0 Å². The molecule has 0 unspecified atom stereocenters. The van der Waals surface area contributed by atoms with Crippen LogP contribution >= 0.6 is 0 Å². The largest absolute Gasteiger partial charge is 0.0622 e. The maximum absolute atomic E-state index is 2.41. The van der Waals surface area contributed by atoms with Crippen LogP contribution in [0.1, 0.15) is 25.0 Å². The Kier molecular flexibility index (Phi) is 5.64. The summed E-state index contributed by atoms with van der Waals surface area (Å²) < 4.78 is 0. The summed E-state index contributed by atoms with van der Waals surface area (Å²) >= 11 is 0. The molecule has 212 valence electrons. The molecule has 0 heterocycles. The Labute approximate surface area is 264 Å². The zero-order valence-electron chi connectivity index (χ0n) is 25.5. The van der Waals surface area contributed by atoms with Crippen molar-refractivity contribution in [3.05, 3.63) is 169 Å². The van der Waals surface area contributed by atoms with E-state index >= 15 is 0 Å². The molecular weight excluding hydrogens is 540 g/mol. The lowest BCUT2D eigenvalue weighted by molar-refractivity contribution is 0.666. The molecule has 0 spiro atoms. The highest BCUT2D eigenvalue weighted by molar-refractivity contribution is 6.25. The summed E-state index contributed by atoms with van der Waals surface area (Å²) in [5.41, 5.74) is 13.0. The molecule has 1 aliphatic rings. The first-order chi connectivity index (χ1) is 22.1. The van der Waals surface area contributed by atoms with Crippen LogP contribution in [-0.4, -0.2) is 0 Å². The predicted molar refractivity (Wildman–Crippen MR) is 193 cm³/mol. The van der Waals surface area contributed by atoms with E-state index in [1.807, 2.05) is 0 Å². The van der Waals surface area contributed by atoms with E-state index in [0.29, 0.717) is 0 Å². The van der Waals surface area contributed by atoms with Gasteiger partial charge in [-0.25, -0.2) is 0 Å². The molecule has 0 bridgehead atoms. The van der Waals surface area contributed by atoms with Crippen LogP contribution in [0.25, 0.3) is 76.8 Å². The molecule has 0 atom stereocenters. The molecule has 0 heteroatoms. The van der Waals surface area contributed by atoms with E-state index < -0.39 is 0 Å². The van der Waals surface area contributed by atoms with Crippen LogP contribution in [0.15, 0.2) is 158 Å². The van der Waals surface area contributed by atoms with Crippen molar-refractivity contribution in [1.29, 1.82) is 0 Å². The third kappa shape index (κ3) is 3.79. The van der Waals surface area contributed by atoms with Gasteiger partial charge in [-0.3, -0.25) is 0 Å². The molecule has 9 rings (SSSR count). The van der Waals surface area contributed by atoms with Crippen LogP contribution in [0, 0.1) is 0 Å². The average molecular weight is 573 g/mol. The quantitative estimate of drug-likeness (QED) is 0.185. The van der Waals surface area contributed by atoms with Gasteiger partial charge in [0.15, 0.2) is 0 Å². The number of benzene rings is 8. The molecule has 0 aliphatic heterocycles. The van der Waals surface area contributed by atoms with Crippen LogP contribution < -0.4 is 0 Å². The number of fused-ring (bicyclic) bond motifs is 7. The monoisotopic (exact) mass is 572 g/mol. The van der Waals surface area contributed by atoms with Gasteiger partial charge in [-0.2, -0.15) is 0 Å². The van der Waals surface area contributed by atoms with Gasteiger partial charge in [0, 0.05) is 5.41 Å². The smallest absolute Gasteiger partial charge is 0.0165 e. The molecule has 0 fully saturated rings. The van der Waals surface area contributed by atoms with Crippen molar-refractivity contribution in [2.75, 3.05) is 0 Å². The third-order valence-electron chi connectivity index (χ3n) is 10.0. The Morgan fingerprint density at radius 3 is 1.82 bits per heavy atom. The summed E-state index contributed by atoms with van der Waals surface area (Å²) in [6.07, 6.45) is 0. The summed E-state index contributed by atoms with van der Waals surface area (Å²) in [6, 6.07) is 58.3. The van der Waals surface area contributed by atoms with Crippen LogP contribution in [0.3, 0.4) is 0 Å². The fourth-order valence-electron chi connectivity index (χ4n) is 8.06. The van der Waals surface area contributed by atoms with Gasteiger partial charge in [0.1, 0.15) is 0 Å². The number of hydrogen-bond donors (Lipinski definition) is 0. The average Bonchev–Trinajstić information content (AvgIpc) is 3.33. The van der Waals surface area contributed by atoms with E-state index in [2.05, 4.69) is 172 Å². The van der Waals surface area contributed by atoms with Gasteiger partial charge in [-0.15, -0.1) is 0 Å². The molecule has 0 N–H and O–H groups in total. The third-order valence-corrected chi connectivity index (χ3v) is 10.0. The lowest BCUT2D eigenvalue weighted by atomic mass is 9.76. The van der Waals surface area contributed by atoms with Gasteiger partial charge in [-0.05, 0) is 94.0 Å². The molecule has 0 nitrogen and oxygen atoms in total. The van der Waals surface area contributed by atoms with Crippen molar-refractivity contribution in [2.45, 2.75) is 19.3 Å². The van der Waals surface area contributed by atoms with Gasteiger partial charge >= 0.3 is 0 Å². The molecule has 8 aromatic rings. The van der Waals surface area contributed by atoms with E-state index in [1.165, 1.54) is 88.0 Å². The van der Waals surface area contributed by atoms with Crippen molar-refractivity contribution in [3.8, 4) is 44.5 Å². The highest BCUT2D eigenvalue weighted by atomic mass is 14.4. The molecule has 1 aliphatic carbocycles. The van der Waals surface area contributed by atoms with Crippen LogP contribution in [-0.2, 0) is 5.41 Å². The van der Waals surface area contributed by atoms with Gasteiger partial charge < -0.3 is 0 Å². The van der Waals surface area contributed by atoms with Crippen LogP contribution in [0.2, 0.25) is 0 Å². The first kappa shape index (κ1) is 26.0. The molecule has 0 radical (unpaired) electrons. The summed E-state index contributed by atoms with van der Waals surface area (Å²) in [5.74, 6) is 0. The van der Waals surface area contributed by atoms with Gasteiger partial charge in [0.25, 0.3) is 0 Å².